The minimum Gasteiger partial charge on any atom is -0.493 e. The number of hydrogen-bond donors (Lipinski definition) is 0. The van der Waals surface area contributed by atoms with Gasteiger partial charge in [0.05, 0.1) is 19.7 Å². The van der Waals surface area contributed by atoms with Gasteiger partial charge in [0, 0.05) is 55.9 Å². The number of aromatic nitrogens is 4. The fourth-order valence-corrected chi connectivity index (χ4v) is 4.49. The van der Waals surface area contributed by atoms with Crippen molar-refractivity contribution in [3.8, 4) is 11.5 Å². The highest BCUT2D eigenvalue weighted by Gasteiger charge is 2.28. The van der Waals surface area contributed by atoms with Gasteiger partial charge in [-0.3, -0.25) is 0 Å². The molecule has 1 aliphatic rings. The van der Waals surface area contributed by atoms with Gasteiger partial charge >= 0.3 is 0 Å². The molecule has 3 heterocycles. The number of methoxy groups -OCH3 is 2. The Balaban J connectivity index is 1.33. The van der Waals surface area contributed by atoms with Gasteiger partial charge in [-0.05, 0) is 24.1 Å². The third-order valence-corrected chi connectivity index (χ3v) is 6.24. The molecule has 0 N–H and O–H groups in total. The van der Waals surface area contributed by atoms with Gasteiger partial charge in [-0.25, -0.2) is 19.9 Å². The summed E-state index contributed by atoms with van der Waals surface area (Å²) in [4.78, 5) is 23.0. The molecule has 34 heavy (non-hydrogen) atoms. The first-order valence-corrected chi connectivity index (χ1v) is 11.4. The molecule has 0 spiro atoms. The lowest BCUT2D eigenvalue weighted by molar-refractivity contribution is 0.355. The molecule has 1 fully saturated rings. The number of nitrogens with zero attached hydrogens (tertiary/aromatic N) is 6. The van der Waals surface area contributed by atoms with Crippen molar-refractivity contribution < 1.29 is 9.47 Å². The van der Waals surface area contributed by atoms with Crippen LogP contribution < -0.4 is 19.3 Å². The first kappa shape index (κ1) is 21.9. The Morgan fingerprint density at radius 3 is 2.32 bits per heavy atom. The largest absolute Gasteiger partial charge is 0.493 e. The van der Waals surface area contributed by atoms with Crippen LogP contribution in [0.3, 0.4) is 0 Å². The van der Waals surface area contributed by atoms with E-state index in [9.17, 15) is 0 Å². The van der Waals surface area contributed by atoms with E-state index < -0.39 is 0 Å². The highest BCUT2D eigenvalue weighted by molar-refractivity contribution is 5.92. The smallest absolute Gasteiger partial charge is 0.225 e. The Bertz CT molecular complexity index is 1270. The average Bonchev–Trinajstić information content (AvgIpc) is 2.88. The molecule has 0 amide bonds. The van der Waals surface area contributed by atoms with E-state index in [-0.39, 0.29) is 6.04 Å². The van der Waals surface area contributed by atoms with Crippen LogP contribution in [-0.2, 0) is 6.42 Å². The van der Waals surface area contributed by atoms with Crippen molar-refractivity contribution in [2.45, 2.75) is 19.4 Å². The van der Waals surface area contributed by atoms with E-state index in [4.69, 9.17) is 9.47 Å². The summed E-state index contributed by atoms with van der Waals surface area (Å²) in [6, 6.07) is 14.4. The topological polar surface area (TPSA) is 76.5 Å². The molecule has 8 heteroatoms. The number of rotatable bonds is 6. The van der Waals surface area contributed by atoms with E-state index in [0.29, 0.717) is 11.5 Å². The second-order valence-corrected chi connectivity index (χ2v) is 8.46. The van der Waals surface area contributed by atoms with Gasteiger partial charge in [0.2, 0.25) is 5.95 Å². The summed E-state index contributed by atoms with van der Waals surface area (Å²) in [5.74, 6) is 2.99. The zero-order valence-electron chi connectivity index (χ0n) is 19.7. The van der Waals surface area contributed by atoms with Gasteiger partial charge < -0.3 is 19.3 Å². The van der Waals surface area contributed by atoms with E-state index in [1.54, 1.807) is 20.5 Å². The molecule has 2 aromatic carbocycles. The second kappa shape index (κ2) is 9.51. The summed E-state index contributed by atoms with van der Waals surface area (Å²) in [7, 11) is 3.27. The summed E-state index contributed by atoms with van der Waals surface area (Å²) in [5, 5.41) is 0.946. The molecule has 1 saturated heterocycles. The van der Waals surface area contributed by atoms with Crippen molar-refractivity contribution in [1.82, 2.24) is 19.9 Å². The fourth-order valence-electron chi connectivity index (χ4n) is 4.49. The van der Waals surface area contributed by atoms with Crippen LogP contribution in [0.5, 0.6) is 11.5 Å². The molecule has 0 radical (unpaired) electrons. The first-order chi connectivity index (χ1) is 16.7. The minimum atomic E-state index is 0.215. The van der Waals surface area contributed by atoms with Crippen LogP contribution >= 0.6 is 0 Å². The summed E-state index contributed by atoms with van der Waals surface area (Å²) < 4.78 is 10.9. The van der Waals surface area contributed by atoms with Crippen molar-refractivity contribution >= 4 is 22.7 Å². The summed E-state index contributed by atoms with van der Waals surface area (Å²) in [6.45, 7) is 4.61. The standard InChI is InChI=1S/C26H28N6O2/c1-18-16-31(26-27-14-20(15-28-26)11-19-7-5-4-6-8-19)9-10-32(18)25-21-12-23(33-2)24(34-3)13-22(21)29-17-30-25/h4-8,12-15,17-18H,9-11,16H2,1-3H3/t18-/m1/s1. The summed E-state index contributed by atoms with van der Waals surface area (Å²) in [5.41, 5.74) is 3.19. The number of piperazine rings is 1. The highest BCUT2D eigenvalue weighted by atomic mass is 16.5. The predicted octanol–water partition coefficient (Wildman–Crippen LogP) is 3.74. The minimum absolute atomic E-state index is 0.215. The van der Waals surface area contributed by atoms with Crippen LogP contribution in [0.4, 0.5) is 11.8 Å². The molecule has 2 aromatic heterocycles. The zero-order valence-corrected chi connectivity index (χ0v) is 19.7. The Morgan fingerprint density at radius 1 is 0.882 bits per heavy atom. The monoisotopic (exact) mass is 456 g/mol. The van der Waals surface area contributed by atoms with Crippen LogP contribution in [0.15, 0.2) is 61.2 Å². The highest BCUT2D eigenvalue weighted by Crippen LogP contribution is 2.35. The first-order valence-electron chi connectivity index (χ1n) is 11.4. The van der Waals surface area contributed by atoms with Crippen molar-refractivity contribution in [1.29, 1.82) is 0 Å². The van der Waals surface area contributed by atoms with E-state index in [2.05, 4.69) is 60.9 Å². The Kier molecular flexibility index (Phi) is 6.12. The van der Waals surface area contributed by atoms with Crippen molar-refractivity contribution in [2.24, 2.45) is 0 Å². The fraction of sp³-hybridized carbons (Fsp3) is 0.308. The third kappa shape index (κ3) is 4.31. The lowest BCUT2D eigenvalue weighted by Crippen LogP contribution is -2.53. The van der Waals surface area contributed by atoms with Gasteiger partial charge in [-0.1, -0.05) is 30.3 Å². The number of ether oxygens (including phenoxy) is 2. The molecular weight excluding hydrogens is 428 g/mol. The molecule has 4 aromatic rings. The van der Waals surface area contributed by atoms with Gasteiger partial charge in [0.25, 0.3) is 0 Å². The quantitative estimate of drug-likeness (QED) is 0.434. The average molecular weight is 457 g/mol. The van der Waals surface area contributed by atoms with E-state index in [1.165, 1.54) is 5.56 Å². The van der Waals surface area contributed by atoms with Crippen LogP contribution in [0.25, 0.3) is 10.9 Å². The Morgan fingerprint density at radius 2 is 1.62 bits per heavy atom. The van der Waals surface area contributed by atoms with E-state index in [0.717, 1.165) is 54.3 Å². The molecule has 1 atom stereocenters. The van der Waals surface area contributed by atoms with Crippen LogP contribution in [0.2, 0.25) is 0 Å². The molecule has 174 valence electrons. The van der Waals surface area contributed by atoms with Crippen molar-refractivity contribution in [3.05, 3.63) is 72.3 Å². The van der Waals surface area contributed by atoms with Crippen molar-refractivity contribution in [2.75, 3.05) is 43.7 Å². The Labute approximate surface area is 199 Å². The van der Waals surface area contributed by atoms with Crippen LogP contribution in [0, 0.1) is 0 Å². The number of fused-ring (bicyclic) bond motifs is 1. The maximum absolute atomic E-state index is 5.51. The molecule has 8 nitrogen and oxygen atoms in total. The summed E-state index contributed by atoms with van der Waals surface area (Å²) >= 11 is 0. The van der Waals surface area contributed by atoms with Gasteiger partial charge in [0.1, 0.15) is 12.1 Å². The van der Waals surface area contributed by atoms with E-state index in [1.807, 2.05) is 30.6 Å². The molecule has 0 bridgehead atoms. The molecule has 1 aliphatic heterocycles. The molecule has 0 unspecified atom stereocenters. The molecule has 0 aliphatic carbocycles. The number of hydrogen-bond acceptors (Lipinski definition) is 8. The van der Waals surface area contributed by atoms with E-state index >= 15 is 0 Å². The summed E-state index contributed by atoms with van der Waals surface area (Å²) in [6.07, 6.45) is 6.31. The lowest BCUT2D eigenvalue weighted by Gasteiger charge is -2.40. The second-order valence-electron chi connectivity index (χ2n) is 8.46. The van der Waals surface area contributed by atoms with Gasteiger partial charge in [-0.15, -0.1) is 0 Å². The molecule has 5 rings (SSSR count). The normalized spacial score (nSPS) is 16.0. The lowest BCUT2D eigenvalue weighted by atomic mass is 10.1. The number of benzene rings is 2. The third-order valence-electron chi connectivity index (χ3n) is 6.24. The van der Waals surface area contributed by atoms with Crippen LogP contribution in [0.1, 0.15) is 18.1 Å². The SMILES string of the molecule is COc1cc2ncnc(N3CCN(c4ncc(Cc5ccccc5)cn4)C[C@H]3C)c2cc1OC. The van der Waals surface area contributed by atoms with Gasteiger partial charge in [-0.2, -0.15) is 0 Å². The number of anilines is 2. The van der Waals surface area contributed by atoms with Gasteiger partial charge in [0.15, 0.2) is 11.5 Å². The van der Waals surface area contributed by atoms with Crippen LogP contribution in [-0.4, -0.2) is 59.8 Å². The Hall–Kier alpha value is -3.94. The zero-order chi connectivity index (χ0) is 23.5. The molecular formula is C26H28N6O2. The maximum Gasteiger partial charge on any atom is 0.225 e. The van der Waals surface area contributed by atoms with Crippen molar-refractivity contribution in [3.63, 3.8) is 0 Å². The predicted molar refractivity (Wildman–Crippen MR) is 133 cm³/mol. The molecule has 0 saturated carbocycles. The maximum atomic E-state index is 5.51.